The van der Waals surface area contributed by atoms with E-state index in [2.05, 4.69) is 60.4 Å². The lowest BCUT2D eigenvalue weighted by Gasteiger charge is -2.29. The number of rotatable bonds is 3. The van der Waals surface area contributed by atoms with E-state index >= 15 is 0 Å². The zero-order valence-electron chi connectivity index (χ0n) is 16.6. The highest BCUT2D eigenvalue weighted by molar-refractivity contribution is 6.00. The summed E-state index contributed by atoms with van der Waals surface area (Å²) in [7, 11) is 0. The minimum Gasteiger partial charge on any atom is -0.371 e. The highest BCUT2D eigenvalue weighted by Gasteiger charge is 2.17. The number of nitrogens with one attached hydrogen (secondary N) is 2. The van der Waals surface area contributed by atoms with Crippen molar-refractivity contribution in [2.75, 3.05) is 18.0 Å². The zero-order chi connectivity index (χ0) is 19.9. The van der Waals surface area contributed by atoms with Gasteiger partial charge in [0.25, 0.3) is 0 Å². The number of hydrogen-bond acceptors (Lipinski definition) is 4. The number of aromatic nitrogens is 5. The third kappa shape index (κ3) is 2.84. The van der Waals surface area contributed by atoms with Gasteiger partial charge >= 0.3 is 0 Å². The predicted molar refractivity (Wildman–Crippen MR) is 120 cm³/mol. The normalized spacial score (nSPS) is 14.6. The van der Waals surface area contributed by atoms with Crippen molar-refractivity contribution in [1.29, 1.82) is 0 Å². The highest BCUT2D eigenvalue weighted by atomic mass is 15.2. The number of hydrogen-bond donors (Lipinski definition) is 2. The summed E-state index contributed by atoms with van der Waals surface area (Å²) in [5.74, 6) is 0. The second-order valence-electron chi connectivity index (χ2n) is 7.90. The molecule has 6 rings (SSSR count). The molecule has 0 unspecified atom stereocenters. The maximum Gasteiger partial charge on any atom is 0.181 e. The molecular weight excluding hydrogens is 372 g/mol. The van der Waals surface area contributed by atoms with Crippen LogP contribution in [0.3, 0.4) is 0 Å². The van der Waals surface area contributed by atoms with E-state index < -0.39 is 0 Å². The molecule has 1 aliphatic heterocycles. The van der Waals surface area contributed by atoms with Crippen molar-refractivity contribution in [3.8, 4) is 22.5 Å². The molecule has 1 aliphatic rings. The second kappa shape index (κ2) is 6.99. The topological polar surface area (TPSA) is 73.5 Å². The van der Waals surface area contributed by atoms with Gasteiger partial charge in [0.1, 0.15) is 0 Å². The molecule has 1 fully saturated rings. The van der Waals surface area contributed by atoms with Gasteiger partial charge in [-0.25, -0.2) is 4.98 Å². The number of nitrogens with zero attached hydrogens (tertiary/aromatic N) is 4. The monoisotopic (exact) mass is 394 g/mol. The molecule has 0 aliphatic carbocycles. The first-order chi connectivity index (χ1) is 14.9. The van der Waals surface area contributed by atoms with Crippen molar-refractivity contribution < 1.29 is 0 Å². The van der Waals surface area contributed by atoms with Gasteiger partial charge in [0, 0.05) is 64.8 Å². The molecule has 4 aromatic heterocycles. The number of H-pyrrole nitrogens is 2. The maximum atomic E-state index is 4.56. The van der Waals surface area contributed by atoms with E-state index in [1.54, 1.807) is 6.20 Å². The van der Waals surface area contributed by atoms with Crippen molar-refractivity contribution >= 4 is 27.6 Å². The van der Waals surface area contributed by atoms with Crippen LogP contribution < -0.4 is 4.90 Å². The van der Waals surface area contributed by atoms with Crippen LogP contribution in [0.1, 0.15) is 19.3 Å². The third-order valence-corrected chi connectivity index (χ3v) is 6.01. The van der Waals surface area contributed by atoms with Gasteiger partial charge in [0.05, 0.1) is 11.4 Å². The predicted octanol–water partition coefficient (Wildman–Crippen LogP) is 5.16. The van der Waals surface area contributed by atoms with Crippen LogP contribution in [0, 0.1) is 0 Å². The molecule has 1 saturated heterocycles. The summed E-state index contributed by atoms with van der Waals surface area (Å²) in [4.78, 5) is 14.9. The van der Waals surface area contributed by atoms with Gasteiger partial charge in [-0.3, -0.25) is 10.1 Å². The van der Waals surface area contributed by atoms with Crippen LogP contribution in [0.25, 0.3) is 44.5 Å². The Labute approximate surface area is 174 Å². The molecule has 0 amide bonds. The smallest absolute Gasteiger partial charge is 0.181 e. The zero-order valence-corrected chi connectivity index (χ0v) is 16.6. The number of pyridine rings is 2. The molecule has 0 radical (unpaired) electrons. The van der Waals surface area contributed by atoms with Gasteiger partial charge in [-0.2, -0.15) is 5.10 Å². The number of anilines is 1. The van der Waals surface area contributed by atoms with Crippen molar-refractivity contribution in [1.82, 2.24) is 25.1 Å². The van der Waals surface area contributed by atoms with Crippen molar-refractivity contribution in [3.05, 3.63) is 61.1 Å². The molecule has 2 N–H and O–H groups in total. The summed E-state index contributed by atoms with van der Waals surface area (Å²) in [6.45, 7) is 2.26. The number of benzene rings is 1. The summed E-state index contributed by atoms with van der Waals surface area (Å²) >= 11 is 0. The van der Waals surface area contributed by atoms with E-state index in [9.17, 15) is 0 Å². The first-order valence-corrected chi connectivity index (χ1v) is 10.5. The Kier molecular flexibility index (Phi) is 4.01. The number of aromatic amines is 2. The minimum absolute atomic E-state index is 0.715. The van der Waals surface area contributed by atoms with Crippen LogP contribution in [0.5, 0.6) is 0 Å². The molecule has 0 saturated carbocycles. The van der Waals surface area contributed by atoms with Gasteiger partial charge in [0.15, 0.2) is 5.65 Å². The van der Waals surface area contributed by atoms with E-state index in [-0.39, 0.29) is 0 Å². The minimum atomic E-state index is 0.715. The summed E-state index contributed by atoms with van der Waals surface area (Å²) < 4.78 is 0. The third-order valence-electron chi connectivity index (χ3n) is 6.01. The first-order valence-electron chi connectivity index (χ1n) is 10.5. The molecule has 0 atom stereocenters. The van der Waals surface area contributed by atoms with E-state index in [4.69, 9.17) is 0 Å². The van der Waals surface area contributed by atoms with E-state index in [1.165, 1.54) is 30.3 Å². The van der Waals surface area contributed by atoms with E-state index in [0.29, 0.717) is 5.65 Å². The fourth-order valence-corrected chi connectivity index (χ4v) is 4.48. The molecular formula is C24H22N6. The van der Waals surface area contributed by atoms with Gasteiger partial charge in [0.2, 0.25) is 0 Å². The Hall–Kier alpha value is -3.67. The Morgan fingerprint density at radius 1 is 0.867 bits per heavy atom. The van der Waals surface area contributed by atoms with Gasteiger partial charge in [-0.05, 0) is 49.6 Å². The first kappa shape index (κ1) is 17.2. The lowest BCUT2D eigenvalue weighted by atomic mass is 10.1. The maximum absolute atomic E-state index is 4.56. The van der Waals surface area contributed by atoms with Gasteiger partial charge in [-0.1, -0.05) is 12.1 Å². The average molecular weight is 394 g/mol. The summed E-state index contributed by atoms with van der Waals surface area (Å²) in [6.07, 6.45) is 9.35. The van der Waals surface area contributed by atoms with Crippen LogP contribution in [0.15, 0.2) is 61.1 Å². The summed E-state index contributed by atoms with van der Waals surface area (Å²) in [6, 6.07) is 14.9. The number of piperidine rings is 1. The average Bonchev–Trinajstić information content (AvgIpc) is 3.43. The van der Waals surface area contributed by atoms with Gasteiger partial charge < -0.3 is 9.88 Å². The summed E-state index contributed by atoms with van der Waals surface area (Å²) in [5, 5.41) is 9.89. The standard InChI is InChI=1S/C24H22N6/c1-2-10-30(11-3-1)22-8-4-7-20-18(22)13-21(27-20)23-19-12-17(15-26-24(19)29-28-23)16-6-5-9-25-14-16/h4-9,12-15,27H,1-3,10-11H2,(H,26,28,29). The van der Waals surface area contributed by atoms with Crippen molar-refractivity contribution in [2.45, 2.75) is 19.3 Å². The van der Waals surface area contributed by atoms with Crippen molar-refractivity contribution in [3.63, 3.8) is 0 Å². The Morgan fingerprint density at radius 2 is 1.80 bits per heavy atom. The molecule has 0 bridgehead atoms. The highest BCUT2D eigenvalue weighted by Crippen LogP contribution is 2.35. The lowest BCUT2D eigenvalue weighted by Crippen LogP contribution is -2.29. The molecule has 5 heterocycles. The molecule has 1 aromatic carbocycles. The van der Waals surface area contributed by atoms with Crippen LogP contribution >= 0.6 is 0 Å². The largest absolute Gasteiger partial charge is 0.371 e. The number of fused-ring (bicyclic) bond motifs is 2. The summed E-state index contributed by atoms with van der Waals surface area (Å²) in [5.41, 5.74) is 7.24. The molecule has 6 nitrogen and oxygen atoms in total. The molecule has 0 spiro atoms. The molecule has 5 aromatic rings. The van der Waals surface area contributed by atoms with Crippen LogP contribution in [0.2, 0.25) is 0 Å². The Bertz CT molecular complexity index is 1330. The van der Waals surface area contributed by atoms with E-state index in [1.807, 2.05) is 24.5 Å². The van der Waals surface area contributed by atoms with Crippen LogP contribution in [0.4, 0.5) is 5.69 Å². The molecule has 30 heavy (non-hydrogen) atoms. The molecule has 148 valence electrons. The van der Waals surface area contributed by atoms with Gasteiger partial charge in [-0.15, -0.1) is 0 Å². The van der Waals surface area contributed by atoms with Crippen LogP contribution in [-0.2, 0) is 0 Å². The Morgan fingerprint density at radius 3 is 2.67 bits per heavy atom. The fraction of sp³-hybridized carbons (Fsp3) is 0.208. The fourth-order valence-electron chi connectivity index (χ4n) is 4.48. The lowest BCUT2D eigenvalue weighted by molar-refractivity contribution is 0.579. The molecule has 6 heteroatoms. The van der Waals surface area contributed by atoms with Crippen molar-refractivity contribution in [2.24, 2.45) is 0 Å². The SMILES string of the molecule is c1cncc(-c2cnc3n[nH]c(-c4cc5c(N6CCCCC6)cccc5[nH]4)c3c2)c1. The van der Waals surface area contributed by atoms with Crippen LogP contribution in [-0.4, -0.2) is 38.2 Å². The van der Waals surface area contributed by atoms with E-state index in [0.717, 1.165) is 46.5 Å². The second-order valence-corrected chi connectivity index (χ2v) is 7.90. The Balaban J connectivity index is 1.47. The quantitative estimate of drug-likeness (QED) is 0.443.